The SMILES string of the molecule is CCCCCCCCCCCC/C=C/C(O)C(CO)NC(=O)CCCCCCCCCCCCCOC(=O)CCCCCCCCCCCCCCCCCCCCC. The molecule has 0 aliphatic heterocycles. The van der Waals surface area contributed by atoms with Crippen molar-refractivity contribution in [2.45, 2.75) is 302 Å². The van der Waals surface area contributed by atoms with Gasteiger partial charge in [-0.25, -0.2) is 0 Å². The van der Waals surface area contributed by atoms with Crippen molar-refractivity contribution >= 4 is 11.9 Å². The summed E-state index contributed by atoms with van der Waals surface area (Å²) in [6, 6.07) is -0.639. The fourth-order valence-corrected chi connectivity index (χ4v) is 8.22. The van der Waals surface area contributed by atoms with E-state index in [1.54, 1.807) is 6.08 Å². The standard InChI is InChI=1S/C53H103NO5/c1-3-5-7-9-11-13-15-17-18-19-20-21-22-23-27-31-35-39-43-47-53(58)59-48-44-40-36-32-28-24-26-30-34-38-42-46-52(57)54-50(49-55)51(56)45-41-37-33-29-25-16-14-12-10-8-6-4-2/h41,45,50-51,55-56H,3-40,42-44,46-49H2,1-2H3,(H,54,57)/b45-41+. The predicted octanol–water partition coefficient (Wildman–Crippen LogP) is 15.7. The molecule has 3 N–H and O–H groups in total. The van der Waals surface area contributed by atoms with Gasteiger partial charge in [0.25, 0.3) is 0 Å². The molecule has 0 aliphatic rings. The summed E-state index contributed by atoms with van der Waals surface area (Å²) >= 11 is 0. The van der Waals surface area contributed by atoms with Gasteiger partial charge < -0.3 is 20.3 Å². The molecule has 0 aromatic heterocycles. The van der Waals surface area contributed by atoms with E-state index in [9.17, 15) is 19.8 Å². The summed E-state index contributed by atoms with van der Waals surface area (Å²) in [5, 5.41) is 23.0. The van der Waals surface area contributed by atoms with Gasteiger partial charge in [-0.2, -0.15) is 0 Å². The highest BCUT2D eigenvalue weighted by Gasteiger charge is 2.18. The zero-order valence-electron chi connectivity index (χ0n) is 39.7. The molecule has 2 unspecified atom stereocenters. The summed E-state index contributed by atoms with van der Waals surface area (Å²) in [7, 11) is 0. The van der Waals surface area contributed by atoms with E-state index in [2.05, 4.69) is 19.2 Å². The lowest BCUT2D eigenvalue weighted by atomic mass is 10.0. The molecule has 6 heteroatoms. The van der Waals surface area contributed by atoms with Crippen molar-refractivity contribution in [1.29, 1.82) is 0 Å². The van der Waals surface area contributed by atoms with Crippen molar-refractivity contribution in [2.24, 2.45) is 0 Å². The van der Waals surface area contributed by atoms with Crippen LogP contribution in [0.4, 0.5) is 0 Å². The molecular formula is C53H103NO5. The summed E-state index contributed by atoms with van der Waals surface area (Å²) < 4.78 is 5.47. The van der Waals surface area contributed by atoms with Crippen LogP contribution < -0.4 is 5.32 Å². The van der Waals surface area contributed by atoms with Gasteiger partial charge in [0.2, 0.25) is 5.91 Å². The van der Waals surface area contributed by atoms with Gasteiger partial charge in [-0.05, 0) is 32.1 Å². The molecule has 2 atom stereocenters. The molecular weight excluding hydrogens is 731 g/mol. The van der Waals surface area contributed by atoms with Gasteiger partial charge in [0.05, 0.1) is 25.4 Å². The molecule has 0 aliphatic carbocycles. The van der Waals surface area contributed by atoms with Gasteiger partial charge in [-0.1, -0.05) is 257 Å². The quantitative estimate of drug-likeness (QED) is 0.0322. The van der Waals surface area contributed by atoms with Crippen molar-refractivity contribution in [2.75, 3.05) is 13.2 Å². The molecule has 0 heterocycles. The highest BCUT2D eigenvalue weighted by molar-refractivity contribution is 5.76. The second-order valence-electron chi connectivity index (χ2n) is 18.2. The molecule has 0 aromatic carbocycles. The Balaban J connectivity index is 3.44. The van der Waals surface area contributed by atoms with Crippen LogP contribution in [0.2, 0.25) is 0 Å². The van der Waals surface area contributed by atoms with Gasteiger partial charge in [-0.3, -0.25) is 9.59 Å². The zero-order valence-corrected chi connectivity index (χ0v) is 39.7. The molecule has 0 saturated heterocycles. The zero-order chi connectivity index (χ0) is 43.0. The first kappa shape index (κ1) is 57.6. The fraction of sp³-hybridized carbons (Fsp3) is 0.925. The molecule has 350 valence electrons. The Morgan fingerprint density at radius 3 is 1.15 bits per heavy atom. The number of carbonyl (C=O) groups is 2. The number of carbonyl (C=O) groups excluding carboxylic acids is 2. The number of aliphatic hydroxyl groups excluding tert-OH is 2. The monoisotopic (exact) mass is 834 g/mol. The number of esters is 1. The van der Waals surface area contributed by atoms with Crippen LogP contribution >= 0.6 is 0 Å². The molecule has 0 rings (SSSR count). The van der Waals surface area contributed by atoms with Crippen molar-refractivity contribution in [1.82, 2.24) is 5.32 Å². The Kier molecular flexibility index (Phi) is 48.1. The first-order valence-corrected chi connectivity index (χ1v) is 26.5. The molecule has 0 spiro atoms. The molecule has 0 radical (unpaired) electrons. The third-order valence-corrected chi connectivity index (χ3v) is 12.3. The van der Waals surface area contributed by atoms with Gasteiger partial charge in [0.1, 0.15) is 0 Å². The van der Waals surface area contributed by atoms with Crippen LogP contribution in [-0.2, 0) is 14.3 Å². The van der Waals surface area contributed by atoms with Crippen LogP contribution in [-0.4, -0.2) is 47.4 Å². The maximum absolute atomic E-state index is 12.4. The number of hydrogen-bond donors (Lipinski definition) is 3. The van der Waals surface area contributed by atoms with E-state index in [0.717, 1.165) is 57.8 Å². The summed E-state index contributed by atoms with van der Waals surface area (Å²) in [6.07, 6.45) is 56.4. The Hall–Kier alpha value is -1.40. The number of hydrogen-bond acceptors (Lipinski definition) is 5. The van der Waals surface area contributed by atoms with E-state index in [1.807, 2.05) is 6.08 Å². The lowest BCUT2D eigenvalue weighted by Gasteiger charge is -2.20. The highest BCUT2D eigenvalue weighted by atomic mass is 16.5. The molecule has 0 aromatic rings. The third-order valence-electron chi connectivity index (χ3n) is 12.3. The number of unbranched alkanes of at least 4 members (excludes halogenated alkanes) is 38. The minimum atomic E-state index is -0.854. The Bertz CT molecular complexity index is 878. The van der Waals surface area contributed by atoms with Crippen LogP contribution in [0.5, 0.6) is 0 Å². The van der Waals surface area contributed by atoms with Crippen LogP contribution in [0.1, 0.15) is 290 Å². The second-order valence-corrected chi connectivity index (χ2v) is 18.2. The van der Waals surface area contributed by atoms with Gasteiger partial charge in [0, 0.05) is 12.8 Å². The van der Waals surface area contributed by atoms with Gasteiger partial charge in [0.15, 0.2) is 0 Å². The maximum atomic E-state index is 12.4. The molecule has 0 saturated carbocycles. The molecule has 6 nitrogen and oxygen atoms in total. The Labute approximate surface area is 368 Å². The van der Waals surface area contributed by atoms with E-state index in [0.29, 0.717) is 19.4 Å². The van der Waals surface area contributed by atoms with Crippen LogP contribution in [0.15, 0.2) is 12.2 Å². The number of ether oxygens (including phenoxy) is 1. The molecule has 0 fully saturated rings. The predicted molar refractivity (Wildman–Crippen MR) is 255 cm³/mol. The van der Waals surface area contributed by atoms with Crippen LogP contribution in [0, 0.1) is 0 Å². The number of aliphatic hydroxyl groups is 2. The largest absolute Gasteiger partial charge is 0.466 e. The van der Waals surface area contributed by atoms with Crippen molar-refractivity contribution < 1.29 is 24.5 Å². The van der Waals surface area contributed by atoms with Gasteiger partial charge >= 0.3 is 5.97 Å². The van der Waals surface area contributed by atoms with E-state index < -0.39 is 12.1 Å². The second kappa shape index (κ2) is 49.3. The average Bonchev–Trinajstić information content (AvgIpc) is 3.24. The van der Waals surface area contributed by atoms with Crippen LogP contribution in [0.25, 0.3) is 0 Å². The topological polar surface area (TPSA) is 95.9 Å². The van der Waals surface area contributed by atoms with Crippen LogP contribution in [0.3, 0.4) is 0 Å². The summed E-state index contributed by atoms with van der Waals surface area (Å²) in [5.74, 6) is -0.0970. The normalized spacial score (nSPS) is 12.7. The smallest absolute Gasteiger partial charge is 0.305 e. The van der Waals surface area contributed by atoms with E-state index in [4.69, 9.17) is 4.74 Å². The number of amides is 1. The summed E-state index contributed by atoms with van der Waals surface area (Å²) in [4.78, 5) is 24.5. The lowest BCUT2D eigenvalue weighted by Crippen LogP contribution is -2.45. The van der Waals surface area contributed by atoms with Gasteiger partial charge in [-0.15, -0.1) is 0 Å². The summed E-state index contributed by atoms with van der Waals surface area (Å²) in [6.45, 7) is 4.86. The summed E-state index contributed by atoms with van der Waals surface area (Å²) in [5.41, 5.74) is 0. The Morgan fingerprint density at radius 1 is 0.458 bits per heavy atom. The minimum Gasteiger partial charge on any atom is -0.466 e. The first-order valence-electron chi connectivity index (χ1n) is 26.5. The molecule has 59 heavy (non-hydrogen) atoms. The van der Waals surface area contributed by atoms with E-state index in [1.165, 1.54) is 205 Å². The average molecular weight is 834 g/mol. The van der Waals surface area contributed by atoms with Crippen molar-refractivity contribution in [3.05, 3.63) is 12.2 Å². The minimum absolute atomic E-state index is 0.0107. The highest BCUT2D eigenvalue weighted by Crippen LogP contribution is 2.17. The number of allylic oxidation sites excluding steroid dienone is 1. The van der Waals surface area contributed by atoms with E-state index >= 15 is 0 Å². The molecule has 1 amide bonds. The third kappa shape index (κ3) is 45.9. The lowest BCUT2D eigenvalue weighted by molar-refractivity contribution is -0.143. The number of nitrogens with one attached hydrogen (secondary N) is 1. The Morgan fingerprint density at radius 2 is 0.780 bits per heavy atom. The fourth-order valence-electron chi connectivity index (χ4n) is 8.22. The maximum Gasteiger partial charge on any atom is 0.305 e. The van der Waals surface area contributed by atoms with E-state index in [-0.39, 0.29) is 18.5 Å². The number of rotatable bonds is 49. The first-order chi connectivity index (χ1) is 29.0. The van der Waals surface area contributed by atoms with Crippen molar-refractivity contribution in [3.8, 4) is 0 Å². The van der Waals surface area contributed by atoms with Crippen molar-refractivity contribution in [3.63, 3.8) is 0 Å². The molecule has 0 bridgehead atoms.